The minimum atomic E-state index is 0.199. The third kappa shape index (κ3) is 1.45. The number of nitrogens with zero attached hydrogens (tertiary/aromatic N) is 1. The second-order valence-electron chi connectivity index (χ2n) is 5.11. The first kappa shape index (κ1) is 9.91. The number of fused-ring (bicyclic) bond motifs is 1. The molecule has 0 bridgehead atoms. The monoisotopic (exact) mass is 215 g/mol. The Bertz CT molecular complexity index is 523. The van der Waals surface area contributed by atoms with Crippen LogP contribution in [0.25, 0.3) is 10.9 Å². The Balaban J connectivity index is 2.03. The molecule has 1 aliphatic carbocycles. The summed E-state index contributed by atoms with van der Waals surface area (Å²) in [4.78, 5) is 0. The van der Waals surface area contributed by atoms with E-state index in [4.69, 9.17) is 0 Å². The highest BCUT2D eigenvalue weighted by Gasteiger charge is 2.42. The number of aromatic nitrogens is 1. The lowest BCUT2D eigenvalue weighted by atomic mass is 9.95. The van der Waals surface area contributed by atoms with Crippen LogP contribution >= 0.6 is 0 Å². The Labute approximate surface area is 95.5 Å². The van der Waals surface area contributed by atoms with Gasteiger partial charge in [-0.2, -0.15) is 0 Å². The van der Waals surface area contributed by atoms with Crippen molar-refractivity contribution < 1.29 is 5.11 Å². The first-order valence-corrected chi connectivity index (χ1v) is 5.88. The van der Waals surface area contributed by atoms with Gasteiger partial charge in [-0.15, -0.1) is 0 Å². The third-order valence-electron chi connectivity index (χ3n) is 3.88. The molecule has 1 fully saturated rings. The molecule has 0 atom stereocenters. The number of hydrogen-bond acceptors (Lipinski definition) is 1. The molecule has 1 aliphatic rings. The molecule has 3 rings (SSSR count). The number of aryl methyl sites for hydroxylation is 1. The summed E-state index contributed by atoms with van der Waals surface area (Å²) in [5.74, 6) is 0. The van der Waals surface area contributed by atoms with Crippen molar-refractivity contribution in [3.63, 3.8) is 0 Å². The Morgan fingerprint density at radius 2 is 2.12 bits per heavy atom. The summed E-state index contributed by atoms with van der Waals surface area (Å²) in [6.45, 7) is 0.330. The average Bonchev–Trinajstić information content (AvgIpc) is 2.98. The van der Waals surface area contributed by atoms with Gasteiger partial charge in [0.1, 0.15) is 0 Å². The SMILES string of the molecule is Cn1ccc2c(CC3(CO)CC3)cccc21. The van der Waals surface area contributed by atoms with Gasteiger partial charge in [0.15, 0.2) is 0 Å². The van der Waals surface area contributed by atoms with Crippen LogP contribution in [0.4, 0.5) is 0 Å². The van der Waals surface area contributed by atoms with Crippen LogP contribution in [-0.2, 0) is 13.5 Å². The van der Waals surface area contributed by atoms with Gasteiger partial charge in [-0.05, 0) is 42.4 Å². The normalized spacial score (nSPS) is 17.9. The molecule has 0 saturated heterocycles. The number of aliphatic hydroxyl groups is 1. The van der Waals surface area contributed by atoms with E-state index >= 15 is 0 Å². The zero-order chi connectivity index (χ0) is 11.2. The number of benzene rings is 1. The van der Waals surface area contributed by atoms with E-state index in [0.29, 0.717) is 6.61 Å². The standard InChI is InChI=1S/C14H17NO/c1-15-8-5-12-11(3-2-4-13(12)15)9-14(10-16)6-7-14/h2-5,8,16H,6-7,9-10H2,1H3. The van der Waals surface area contributed by atoms with Crippen molar-refractivity contribution in [2.75, 3.05) is 6.61 Å². The maximum absolute atomic E-state index is 9.39. The molecule has 0 radical (unpaired) electrons. The fourth-order valence-electron chi connectivity index (χ4n) is 2.49. The van der Waals surface area contributed by atoms with Gasteiger partial charge >= 0.3 is 0 Å². The summed E-state index contributed by atoms with van der Waals surface area (Å²) < 4.78 is 2.15. The Morgan fingerprint density at radius 3 is 2.81 bits per heavy atom. The van der Waals surface area contributed by atoms with Gasteiger partial charge in [0, 0.05) is 30.8 Å². The highest BCUT2D eigenvalue weighted by Crippen LogP contribution is 2.48. The van der Waals surface area contributed by atoms with Gasteiger partial charge in [0.25, 0.3) is 0 Å². The molecule has 0 amide bonds. The molecule has 1 aromatic heterocycles. The molecule has 1 aromatic carbocycles. The molecule has 0 unspecified atom stereocenters. The second kappa shape index (κ2) is 3.36. The van der Waals surface area contributed by atoms with Crippen LogP contribution in [-0.4, -0.2) is 16.3 Å². The van der Waals surface area contributed by atoms with E-state index in [-0.39, 0.29) is 5.41 Å². The molecule has 2 heteroatoms. The highest BCUT2D eigenvalue weighted by atomic mass is 16.3. The van der Waals surface area contributed by atoms with E-state index in [9.17, 15) is 5.11 Å². The number of hydrogen-bond donors (Lipinski definition) is 1. The molecule has 1 heterocycles. The molecule has 1 saturated carbocycles. The molecule has 2 nitrogen and oxygen atoms in total. The second-order valence-corrected chi connectivity index (χ2v) is 5.11. The van der Waals surface area contributed by atoms with Crippen molar-refractivity contribution in [1.82, 2.24) is 4.57 Å². The lowest BCUT2D eigenvalue weighted by Gasteiger charge is -2.12. The van der Waals surface area contributed by atoms with E-state index in [1.54, 1.807) is 0 Å². The van der Waals surface area contributed by atoms with Crippen molar-refractivity contribution in [1.29, 1.82) is 0 Å². The lowest BCUT2D eigenvalue weighted by Crippen LogP contribution is -2.10. The maximum Gasteiger partial charge on any atom is 0.0490 e. The molecule has 1 N–H and O–H groups in total. The van der Waals surface area contributed by atoms with Crippen LogP contribution in [0.3, 0.4) is 0 Å². The molecule has 2 aromatic rings. The third-order valence-corrected chi connectivity index (χ3v) is 3.88. The predicted octanol–water partition coefficient (Wildman–Crippen LogP) is 2.49. The number of rotatable bonds is 3. The number of aliphatic hydroxyl groups excluding tert-OH is 1. The highest BCUT2D eigenvalue weighted by molar-refractivity contribution is 5.83. The van der Waals surface area contributed by atoms with E-state index in [0.717, 1.165) is 6.42 Å². The van der Waals surface area contributed by atoms with Crippen LogP contribution in [0.2, 0.25) is 0 Å². The Morgan fingerprint density at radius 1 is 1.31 bits per heavy atom. The zero-order valence-electron chi connectivity index (χ0n) is 9.61. The summed E-state index contributed by atoms with van der Waals surface area (Å²) in [6, 6.07) is 8.64. The quantitative estimate of drug-likeness (QED) is 0.836. The van der Waals surface area contributed by atoms with Crippen molar-refractivity contribution in [3.8, 4) is 0 Å². The van der Waals surface area contributed by atoms with Gasteiger partial charge in [-0.25, -0.2) is 0 Å². The molecule has 84 valence electrons. The van der Waals surface area contributed by atoms with E-state index in [1.165, 1.54) is 29.3 Å². The van der Waals surface area contributed by atoms with Gasteiger partial charge in [-0.3, -0.25) is 0 Å². The Kier molecular flexibility index (Phi) is 2.08. The van der Waals surface area contributed by atoms with Crippen LogP contribution < -0.4 is 0 Å². The van der Waals surface area contributed by atoms with E-state index in [1.807, 2.05) is 0 Å². The summed E-state index contributed by atoms with van der Waals surface area (Å²) in [5, 5.41) is 10.7. The first-order valence-electron chi connectivity index (χ1n) is 5.88. The molecular weight excluding hydrogens is 198 g/mol. The summed E-state index contributed by atoms with van der Waals surface area (Å²) in [7, 11) is 2.07. The van der Waals surface area contributed by atoms with Crippen LogP contribution in [0.5, 0.6) is 0 Å². The van der Waals surface area contributed by atoms with Gasteiger partial charge in [-0.1, -0.05) is 12.1 Å². The minimum Gasteiger partial charge on any atom is -0.396 e. The summed E-state index contributed by atoms with van der Waals surface area (Å²) >= 11 is 0. The van der Waals surface area contributed by atoms with Gasteiger partial charge in [0.2, 0.25) is 0 Å². The molecule has 0 spiro atoms. The van der Waals surface area contributed by atoms with E-state index < -0.39 is 0 Å². The topological polar surface area (TPSA) is 25.2 Å². The maximum atomic E-state index is 9.39. The summed E-state index contributed by atoms with van der Waals surface area (Å²) in [6.07, 6.45) is 5.47. The van der Waals surface area contributed by atoms with Crippen LogP contribution in [0, 0.1) is 5.41 Å². The largest absolute Gasteiger partial charge is 0.396 e. The molecule has 0 aliphatic heterocycles. The smallest absolute Gasteiger partial charge is 0.0490 e. The zero-order valence-corrected chi connectivity index (χ0v) is 9.61. The average molecular weight is 215 g/mol. The van der Waals surface area contributed by atoms with Crippen LogP contribution in [0.1, 0.15) is 18.4 Å². The summed E-state index contributed by atoms with van der Waals surface area (Å²) in [5.41, 5.74) is 2.86. The predicted molar refractivity (Wildman–Crippen MR) is 65.4 cm³/mol. The van der Waals surface area contributed by atoms with E-state index in [2.05, 4.69) is 42.1 Å². The van der Waals surface area contributed by atoms with Gasteiger partial charge in [0.05, 0.1) is 0 Å². The van der Waals surface area contributed by atoms with Crippen molar-refractivity contribution in [2.24, 2.45) is 12.5 Å². The Hall–Kier alpha value is -1.28. The molecular formula is C14H17NO. The minimum absolute atomic E-state index is 0.199. The van der Waals surface area contributed by atoms with Crippen molar-refractivity contribution in [3.05, 3.63) is 36.0 Å². The lowest BCUT2D eigenvalue weighted by molar-refractivity contribution is 0.211. The van der Waals surface area contributed by atoms with Crippen LogP contribution in [0.15, 0.2) is 30.5 Å². The van der Waals surface area contributed by atoms with Crippen molar-refractivity contribution in [2.45, 2.75) is 19.3 Å². The fraction of sp³-hybridized carbons (Fsp3) is 0.429. The van der Waals surface area contributed by atoms with Gasteiger partial charge < -0.3 is 9.67 Å². The van der Waals surface area contributed by atoms with Crippen molar-refractivity contribution >= 4 is 10.9 Å². The first-order chi connectivity index (χ1) is 7.74. The fourth-order valence-corrected chi connectivity index (χ4v) is 2.49. The molecule has 16 heavy (non-hydrogen) atoms.